The lowest BCUT2D eigenvalue weighted by Crippen LogP contribution is -1.87. The van der Waals surface area contributed by atoms with Gasteiger partial charge >= 0.3 is 0 Å². The molecule has 0 N–H and O–H groups in total. The van der Waals surface area contributed by atoms with E-state index in [0.29, 0.717) is 0 Å². The molecule has 3 heteroatoms. The Morgan fingerprint density at radius 2 is 1.83 bits per heavy atom. The van der Waals surface area contributed by atoms with Crippen LogP contribution in [-0.4, -0.2) is 4.98 Å². The summed E-state index contributed by atoms with van der Waals surface area (Å²) in [6, 6.07) is 17.0. The van der Waals surface area contributed by atoms with Gasteiger partial charge in [-0.25, -0.2) is 4.98 Å². The third-order valence-electron chi connectivity index (χ3n) is 4.46. The van der Waals surface area contributed by atoms with Gasteiger partial charge in [-0.05, 0) is 42.0 Å². The average Bonchev–Trinajstić information content (AvgIpc) is 3.28. The maximum atomic E-state index is 9.55. The van der Waals surface area contributed by atoms with Gasteiger partial charge in [0.05, 0.1) is 11.3 Å². The second kappa shape index (κ2) is 5.98. The van der Waals surface area contributed by atoms with Crippen LogP contribution in [0.3, 0.4) is 0 Å². The summed E-state index contributed by atoms with van der Waals surface area (Å²) in [7, 11) is 0. The van der Waals surface area contributed by atoms with E-state index in [1.54, 1.807) is 11.3 Å². The molecule has 0 amide bonds. The number of aromatic nitrogens is 1. The second-order valence-corrected chi connectivity index (χ2v) is 6.72. The fraction of sp³-hybridized carbons (Fsp3) is 0.200. The zero-order chi connectivity index (χ0) is 15.6. The first-order valence-electron chi connectivity index (χ1n) is 7.93. The van der Waals surface area contributed by atoms with Gasteiger partial charge in [0.2, 0.25) is 0 Å². The molecular formula is C20H16N2S. The van der Waals surface area contributed by atoms with E-state index >= 15 is 0 Å². The molecule has 3 aromatic rings. The number of rotatable bonds is 2. The lowest BCUT2D eigenvalue weighted by molar-refractivity contribution is 0.886. The van der Waals surface area contributed by atoms with E-state index in [1.165, 1.54) is 29.2 Å². The monoisotopic (exact) mass is 316 g/mol. The molecule has 0 aliphatic heterocycles. The number of benzene rings is 2. The molecule has 1 fully saturated rings. The first-order valence-corrected chi connectivity index (χ1v) is 8.81. The van der Waals surface area contributed by atoms with Gasteiger partial charge in [-0.3, -0.25) is 0 Å². The smallest absolute Gasteiger partial charge is 0.134 e. The van der Waals surface area contributed by atoms with E-state index in [1.807, 2.05) is 0 Å². The van der Waals surface area contributed by atoms with Crippen molar-refractivity contribution in [1.82, 2.24) is 4.98 Å². The van der Waals surface area contributed by atoms with Crippen LogP contribution in [0.5, 0.6) is 0 Å². The van der Waals surface area contributed by atoms with Crippen molar-refractivity contribution >= 4 is 27.7 Å². The Hall–Kier alpha value is -2.44. The summed E-state index contributed by atoms with van der Waals surface area (Å²) in [5.74, 6) is 0. The Balaban J connectivity index is 1.81. The van der Waals surface area contributed by atoms with Crippen LogP contribution in [-0.2, 0) is 0 Å². The van der Waals surface area contributed by atoms with Crippen molar-refractivity contribution in [2.45, 2.75) is 25.7 Å². The molecule has 0 spiro atoms. The van der Waals surface area contributed by atoms with E-state index < -0.39 is 0 Å². The van der Waals surface area contributed by atoms with Crippen molar-refractivity contribution in [2.75, 3.05) is 0 Å². The number of fused-ring (bicyclic) bond motifs is 1. The maximum Gasteiger partial charge on any atom is 0.134 e. The van der Waals surface area contributed by atoms with Crippen LogP contribution in [0.15, 0.2) is 53.4 Å². The summed E-state index contributed by atoms with van der Waals surface area (Å²) < 4.78 is 0. The average molecular weight is 316 g/mol. The van der Waals surface area contributed by atoms with Crippen LogP contribution < -0.4 is 0 Å². The van der Waals surface area contributed by atoms with Crippen molar-refractivity contribution < 1.29 is 0 Å². The van der Waals surface area contributed by atoms with Crippen molar-refractivity contribution in [3.8, 4) is 17.3 Å². The van der Waals surface area contributed by atoms with E-state index in [2.05, 4.69) is 53.9 Å². The fourth-order valence-electron chi connectivity index (χ4n) is 3.29. The molecule has 1 saturated carbocycles. The molecule has 2 nitrogen and oxygen atoms in total. The molecule has 23 heavy (non-hydrogen) atoms. The normalized spacial score (nSPS) is 14.1. The Labute approximate surface area is 139 Å². The van der Waals surface area contributed by atoms with Gasteiger partial charge in [-0.15, -0.1) is 11.3 Å². The summed E-state index contributed by atoms with van der Waals surface area (Å²) in [6.45, 7) is 0. The van der Waals surface area contributed by atoms with Gasteiger partial charge in [0.25, 0.3) is 0 Å². The van der Waals surface area contributed by atoms with E-state index in [9.17, 15) is 5.26 Å². The minimum absolute atomic E-state index is 0.805. The summed E-state index contributed by atoms with van der Waals surface area (Å²) in [4.78, 5) is 4.78. The molecule has 0 unspecified atom stereocenters. The standard InChI is InChI=1S/C20H16N2S/c21-12-18(15-7-1-2-8-15)20-22-19(13-23-20)17-11-5-9-14-6-3-4-10-16(14)17/h3-6,9-11,13H,1-2,7-8H2. The number of hydrogen-bond acceptors (Lipinski definition) is 3. The quantitative estimate of drug-likeness (QED) is 0.559. The maximum absolute atomic E-state index is 9.55. The fourth-order valence-corrected chi connectivity index (χ4v) is 4.15. The van der Waals surface area contributed by atoms with Gasteiger partial charge in [0, 0.05) is 10.9 Å². The Kier molecular flexibility index (Phi) is 3.69. The largest absolute Gasteiger partial charge is 0.235 e. The SMILES string of the molecule is N#CC(=C1CCCC1)c1nc(-c2cccc3ccccc23)cs1. The highest BCUT2D eigenvalue weighted by Crippen LogP contribution is 2.35. The summed E-state index contributed by atoms with van der Waals surface area (Å²) in [5.41, 5.74) is 4.19. The molecule has 1 aromatic heterocycles. The van der Waals surface area contributed by atoms with Crippen LogP contribution in [0.25, 0.3) is 27.6 Å². The molecular weight excluding hydrogens is 300 g/mol. The Morgan fingerprint density at radius 1 is 1.04 bits per heavy atom. The lowest BCUT2D eigenvalue weighted by atomic mass is 10.0. The molecule has 0 bridgehead atoms. The second-order valence-electron chi connectivity index (χ2n) is 5.86. The number of nitrogens with zero attached hydrogens (tertiary/aromatic N) is 2. The highest BCUT2D eigenvalue weighted by molar-refractivity contribution is 7.11. The first-order chi connectivity index (χ1) is 11.4. The van der Waals surface area contributed by atoms with Gasteiger partial charge in [-0.1, -0.05) is 42.5 Å². The summed E-state index contributed by atoms with van der Waals surface area (Å²) in [5, 5.41) is 14.9. The first kappa shape index (κ1) is 14.2. The molecule has 0 atom stereocenters. The number of hydrogen-bond donors (Lipinski definition) is 0. The third-order valence-corrected chi connectivity index (χ3v) is 5.32. The van der Waals surface area contributed by atoms with Crippen molar-refractivity contribution in [3.05, 3.63) is 58.4 Å². The van der Waals surface area contributed by atoms with Gasteiger partial charge in [0.15, 0.2) is 0 Å². The predicted octanol–water partition coefficient (Wildman–Crippen LogP) is 5.81. The van der Waals surface area contributed by atoms with Crippen molar-refractivity contribution in [1.29, 1.82) is 5.26 Å². The van der Waals surface area contributed by atoms with Crippen LogP contribution in [0.1, 0.15) is 30.7 Å². The molecule has 4 rings (SSSR count). The third kappa shape index (κ3) is 2.56. The van der Waals surface area contributed by atoms with Gasteiger partial charge < -0.3 is 0 Å². The van der Waals surface area contributed by atoms with Gasteiger partial charge in [-0.2, -0.15) is 5.26 Å². The molecule has 0 radical (unpaired) electrons. The number of thiazole rings is 1. The Bertz CT molecular complexity index is 930. The molecule has 112 valence electrons. The molecule has 2 aromatic carbocycles. The minimum atomic E-state index is 0.805. The molecule has 1 heterocycles. The number of allylic oxidation sites excluding steroid dienone is 2. The lowest BCUT2D eigenvalue weighted by Gasteiger charge is -2.03. The topological polar surface area (TPSA) is 36.7 Å². The van der Waals surface area contributed by atoms with Crippen molar-refractivity contribution in [3.63, 3.8) is 0 Å². The van der Waals surface area contributed by atoms with Gasteiger partial charge in [0.1, 0.15) is 11.1 Å². The van der Waals surface area contributed by atoms with E-state index in [-0.39, 0.29) is 0 Å². The molecule has 0 saturated heterocycles. The minimum Gasteiger partial charge on any atom is -0.235 e. The Morgan fingerprint density at radius 3 is 2.65 bits per heavy atom. The number of nitriles is 1. The van der Waals surface area contributed by atoms with Crippen LogP contribution >= 0.6 is 11.3 Å². The molecule has 1 aliphatic carbocycles. The highest BCUT2D eigenvalue weighted by Gasteiger charge is 2.17. The summed E-state index contributed by atoms with van der Waals surface area (Å²) >= 11 is 1.58. The van der Waals surface area contributed by atoms with Crippen LogP contribution in [0, 0.1) is 11.3 Å². The van der Waals surface area contributed by atoms with Crippen LogP contribution in [0.2, 0.25) is 0 Å². The van der Waals surface area contributed by atoms with Crippen molar-refractivity contribution in [2.24, 2.45) is 0 Å². The highest BCUT2D eigenvalue weighted by atomic mass is 32.1. The van der Waals surface area contributed by atoms with Crippen LogP contribution in [0.4, 0.5) is 0 Å². The molecule has 1 aliphatic rings. The summed E-state index contributed by atoms with van der Waals surface area (Å²) in [6.07, 6.45) is 4.49. The predicted molar refractivity (Wildman–Crippen MR) is 96.1 cm³/mol. The zero-order valence-corrected chi connectivity index (χ0v) is 13.6. The van der Waals surface area contributed by atoms with E-state index in [0.717, 1.165) is 34.7 Å². The van der Waals surface area contributed by atoms with E-state index in [4.69, 9.17) is 4.98 Å². The zero-order valence-electron chi connectivity index (χ0n) is 12.7.